The number of rotatable bonds is 5. The number of halogens is 1. The molecule has 170 valence electrons. The molecule has 34 heavy (non-hydrogen) atoms. The number of aromatic amines is 1. The summed E-state index contributed by atoms with van der Waals surface area (Å²) in [4.78, 5) is 31.2. The van der Waals surface area contributed by atoms with Crippen LogP contribution in [0.15, 0.2) is 84.6 Å². The molecule has 6 heteroatoms. The number of hydrogen-bond acceptors (Lipinski definition) is 3. The lowest BCUT2D eigenvalue weighted by Crippen LogP contribution is -2.31. The molecule has 5 nitrogen and oxygen atoms in total. The molecule has 0 aliphatic carbocycles. The van der Waals surface area contributed by atoms with E-state index < -0.39 is 17.7 Å². The number of benzene rings is 3. The fraction of sp³-hybridized carbons (Fsp3) is 0.143. The number of nitrogens with zero attached hydrogens (tertiary/aromatic N) is 1. The Bertz CT molecular complexity index is 1420. The summed E-state index contributed by atoms with van der Waals surface area (Å²) < 4.78 is 0. The molecule has 2 heterocycles. The van der Waals surface area contributed by atoms with Crippen molar-refractivity contribution in [3.05, 3.63) is 112 Å². The van der Waals surface area contributed by atoms with Crippen LogP contribution in [-0.4, -0.2) is 33.2 Å². The van der Waals surface area contributed by atoms with Crippen molar-refractivity contribution in [3.8, 4) is 0 Å². The fourth-order valence-corrected chi connectivity index (χ4v) is 4.67. The number of nitrogens with one attached hydrogen (secondary N) is 1. The van der Waals surface area contributed by atoms with Crippen molar-refractivity contribution in [3.63, 3.8) is 0 Å². The fourth-order valence-electron chi connectivity index (χ4n) is 4.55. The molecule has 5 rings (SSSR count). The van der Waals surface area contributed by atoms with Crippen LogP contribution in [0.2, 0.25) is 5.02 Å². The van der Waals surface area contributed by atoms with Gasteiger partial charge in [0.05, 0.1) is 11.6 Å². The van der Waals surface area contributed by atoms with Crippen LogP contribution in [0.4, 0.5) is 0 Å². The lowest BCUT2D eigenvalue weighted by Gasteiger charge is -2.25. The van der Waals surface area contributed by atoms with Gasteiger partial charge in [-0.3, -0.25) is 9.59 Å². The number of aryl methyl sites for hydroxylation is 1. The topological polar surface area (TPSA) is 73.4 Å². The molecular weight excluding hydrogens is 448 g/mol. The predicted molar refractivity (Wildman–Crippen MR) is 134 cm³/mol. The van der Waals surface area contributed by atoms with Crippen molar-refractivity contribution in [1.29, 1.82) is 0 Å². The van der Waals surface area contributed by atoms with E-state index in [1.807, 2.05) is 61.7 Å². The Kier molecular flexibility index (Phi) is 5.72. The summed E-state index contributed by atoms with van der Waals surface area (Å²) >= 11 is 5.99. The number of hydrogen-bond donors (Lipinski definition) is 2. The first-order chi connectivity index (χ1) is 16.4. The van der Waals surface area contributed by atoms with Crippen LogP contribution in [0, 0.1) is 6.92 Å². The summed E-state index contributed by atoms with van der Waals surface area (Å²) in [7, 11) is 0. The Morgan fingerprint density at radius 3 is 2.44 bits per heavy atom. The minimum Gasteiger partial charge on any atom is -0.507 e. The normalized spacial score (nSPS) is 17.6. The van der Waals surface area contributed by atoms with Gasteiger partial charge in [-0.05, 0) is 54.8 Å². The number of carbonyl (C=O) groups excluding carboxylic acids is 2. The summed E-state index contributed by atoms with van der Waals surface area (Å²) in [5, 5.41) is 12.7. The molecule has 1 atom stereocenters. The number of carbonyl (C=O) groups is 2. The highest BCUT2D eigenvalue weighted by Crippen LogP contribution is 2.39. The van der Waals surface area contributed by atoms with E-state index >= 15 is 0 Å². The Labute approximate surface area is 202 Å². The Morgan fingerprint density at radius 1 is 1.00 bits per heavy atom. The highest BCUT2D eigenvalue weighted by atomic mass is 35.5. The highest BCUT2D eigenvalue weighted by Gasteiger charge is 2.45. The van der Waals surface area contributed by atoms with E-state index in [1.165, 1.54) is 0 Å². The number of likely N-dealkylation sites (tertiary alicyclic amines) is 1. The van der Waals surface area contributed by atoms with Crippen LogP contribution in [0.3, 0.4) is 0 Å². The first kappa shape index (κ1) is 22.0. The summed E-state index contributed by atoms with van der Waals surface area (Å²) in [6, 6.07) is 21.6. The molecule has 4 aromatic rings. The molecule has 1 fully saturated rings. The first-order valence-corrected chi connectivity index (χ1v) is 11.5. The molecule has 1 saturated heterocycles. The Hall–Kier alpha value is -3.83. The Morgan fingerprint density at radius 2 is 1.71 bits per heavy atom. The summed E-state index contributed by atoms with van der Waals surface area (Å²) in [5.74, 6) is -1.49. The molecule has 0 spiro atoms. The maximum absolute atomic E-state index is 13.2. The van der Waals surface area contributed by atoms with Gasteiger partial charge in [0.2, 0.25) is 0 Å². The van der Waals surface area contributed by atoms with Gasteiger partial charge in [0.1, 0.15) is 5.76 Å². The predicted octanol–water partition coefficient (Wildman–Crippen LogP) is 5.79. The molecule has 1 unspecified atom stereocenters. The number of aromatic nitrogens is 1. The molecule has 1 amide bonds. The molecule has 1 aliphatic heterocycles. The van der Waals surface area contributed by atoms with Crippen LogP contribution < -0.4 is 0 Å². The SMILES string of the molecule is Cc1ccc(C2C(=C(O)c3ccc(Cl)cc3)C(=O)C(=O)N2CCc2c[nH]c3ccccc23)cc1. The van der Waals surface area contributed by atoms with Crippen LogP contribution in [0.5, 0.6) is 0 Å². The zero-order valence-corrected chi connectivity index (χ0v) is 19.3. The highest BCUT2D eigenvalue weighted by molar-refractivity contribution is 6.46. The average Bonchev–Trinajstić information content (AvgIpc) is 3.37. The summed E-state index contributed by atoms with van der Waals surface area (Å²) in [5.41, 5.74) is 4.47. The molecular formula is C28H23ClN2O3. The van der Waals surface area contributed by atoms with Crippen LogP contribution in [-0.2, 0) is 16.0 Å². The van der Waals surface area contributed by atoms with E-state index in [9.17, 15) is 14.7 Å². The molecule has 0 saturated carbocycles. The number of aliphatic hydroxyl groups is 1. The molecule has 2 N–H and O–H groups in total. The minimum absolute atomic E-state index is 0.0927. The molecule has 1 aliphatic rings. The number of ketones is 1. The maximum atomic E-state index is 13.2. The number of fused-ring (bicyclic) bond motifs is 1. The monoisotopic (exact) mass is 470 g/mol. The lowest BCUT2D eigenvalue weighted by atomic mass is 9.94. The zero-order chi connectivity index (χ0) is 23.8. The maximum Gasteiger partial charge on any atom is 0.295 e. The third-order valence-corrected chi connectivity index (χ3v) is 6.60. The number of aliphatic hydroxyl groups excluding tert-OH is 1. The smallest absolute Gasteiger partial charge is 0.295 e. The minimum atomic E-state index is -0.683. The second-order valence-corrected chi connectivity index (χ2v) is 8.96. The van der Waals surface area contributed by atoms with Gasteiger partial charge in [-0.2, -0.15) is 0 Å². The third-order valence-electron chi connectivity index (χ3n) is 6.35. The molecule has 0 radical (unpaired) electrons. The van der Waals surface area contributed by atoms with Gasteiger partial charge in [0, 0.05) is 34.2 Å². The van der Waals surface area contributed by atoms with E-state index in [2.05, 4.69) is 4.98 Å². The van der Waals surface area contributed by atoms with E-state index in [1.54, 1.807) is 29.2 Å². The van der Waals surface area contributed by atoms with E-state index in [0.717, 1.165) is 27.6 Å². The number of H-pyrrole nitrogens is 1. The third kappa shape index (κ3) is 3.88. The Balaban J connectivity index is 1.56. The van der Waals surface area contributed by atoms with Gasteiger partial charge in [-0.25, -0.2) is 0 Å². The number of amides is 1. The van der Waals surface area contributed by atoms with Gasteiger partial charge >= 0.3 is 0 Å². The quantitative estimate of drug-likeness (QED) is 0.220. The van der Waals surface area contributed by atoms with Crippen molar-refractivity contribution < 1.29 is 14.7 Å². The van der Waals surface area contributed by atoms with Gasteiger partial charge < -0.3 is 15.0 Å². The standard InChI is InChI=1S/C28H23ClN2O3/c1-17-6-8-18(9-7-17)25-24(26(32)19-10-12-21(29)13-11-19)27(33)28(34)31(25)15-14-20-16-30-23-5-3-2-4-22(20)23/h2-13,16,25,30,32H,14-15H2,1H3. The van der Waals surface area contributed by atoms with Gasteiger partial charge in [0.15, 0.2) is 0 Å². The van der Waals surface area contributed by atoms with E-state index in [4.69, 9.17) is 11.6 Å². The first-order valence-electron chi connectivity index (χ1n) is 11.1. The second-order valence-electron chi connectivity index (χ2n) is 8.52. The summed E-state index contributed by atoms with van der Waals surface area (Å²) in [6.07, 6.45) is 2.51. The van der Waals surface area contributed by atoms with Gasteiger partial charge in [0.25, 0.3) is 11.7 Å². The van der Waals surface area contributed by atoms with Crippen LogP contribution >= 0.6 is 11.6 Å². The average molecular weight is 471 g/mol. The van der Waals surface area contributed by atoms with E-state index in [0.29, 0.717) is 23.6 Å². The van der Waals surface area contributed by atoms with Crippen molar-refractivity contribution >= 4 is 40.0 Å². The van der Waals surface area contributed by atoms with Crippen molar-refractivity contribution in [1.82, 2.24) is 9.88 Å². The number of para-hydroxylation sites is 1. The van der Waals surface area contributed by atoms with Gasteiger partial charge in [-0.1, -0.05) is 59.6 Å². The van der Waals surface area contributed by atoms with Crippen molar-refractivity contribution in [2.45, 2.75) is 19.4 Å². The second kappa shape index (κ2) is 8.84. The zero-order valence-electron chi connectivity index (χ0n) is 18.6. The van der Waals surface area contributed by atoms with Gasteiger partial charge in [-0.15, -0.1) is 0 Å². The largest absolute Gasteiger partial charge is 0.507 e. The van der Waals surface area contributed by atoms with Crippen LogP contribution in [0.1, 0.15) is 28.3 Å². The molecule has 3 aromatic carbocycles. The summed E-state index contributed by atoms with van der Waals surface area (Å²) in [6.45, 7) is 2.31. The number of Topliss-reactive ketones (excluding diaryl/α,β-unsaturated/α-hetero) is 1. The lowest BCUT2D eigenvalue weighted by molar-refractivity contribution is -0.139. The van der Waals surface area contributed by atoms with Crippen molar-refractivity contribution in [2.24, 2.45) is 0 Å². The molecule has 0 bridgehead atoms. The molecule has 1 aromatic heterocycles. The van der Waals surface area contributed by atoms with Crippen LogP contribution in [0.25, 0.3) is 16.7 Å². The van der Waals surface area contributed by atoms with E-state index in [-0.39, 0.29) is 11.3 Å². The van der Waals surface area contributed by atoms with Crippen molar-refractivity contribution in [2.75, 3.05) is 6.54 Å².